The number of hydrogen-bond acceptors (Lipinski definition) is 4. The Labute approximate surface area is 175 Å². The third-order valence-corrected chi connectivity index (χ3v) is 5.18. The minimum Gasteiger partial charge on any atom is -0.484 e. The zero-order valence-corrected chi connectivity index (χ0v) is 17.1. The first-order valence-electron chi connectivity index (χ1n) is 9.78. The highest BCUT2D eigenvalue weighted by Gasteiger charge is 2.20. The van der Waals surface area contributed by atoms with Crippen LogP contribution in [0.3, 0.4) is 0 Å². The van der Waals surface area contributed by atoms with Crippen molar-refractivity contribution < 1.29 is 9.15 Å². The van der Waals surface area contributed by atoms with E-state index in [1.54, 1.807) is 25.1 Å². The third kappa shape index (κ3) is 3.46. The Balaban J connectivity index is 1.90. The number of rotatable bonds is 4. The smallest absolute Gasteiger partial charge is 0.196 e. The van der Waals surface area contributed by atoms with Crippen LogP contribution in [-0.4, -0.2) is 0 Å². The molecule has 0 saturated heterocycles. The maximum absolute atomic E-state index is 13.2. The van der Waals surface area contributed by atoms with Crippen molar-refractivity contribution in [3.8, 4) is 23.1 Å². The molecule has 0 radical (unpaired) electrons. The predicted molar refractivity (Wildman–Crippen MR) is 118 cm³/mol. The van der Waals surface area contributed by atoms with Crippen LogP contribution in [0.25, 0.3) is 22.3 Å². The summed E-state index contributed by atoms with van der Waals surface area (Å²) in [5, 5.41) is 9.89. The SMILES string of the molecule is Cc1cc([C@@H](C)Oc2ccccc2C#N)c2oc(-c3ccccc3)c(C)c(=O)c2c1. The second-order valence-corrected chi connectivity index (χ2v) is 7.35. The van der Waals surface area contributed by atoms with E-state index in [0.717, 1.165) is 16.7 Å². The Morgan fingerprint density at radius 1 is 1.00 bits per heavy atom. The molecule has 0 aliphatic carbocycles. The molecule has 0 spiro atoms. The van der Waals surface area contributed by atoms with Crippen LogP contribution < -0.4 is 10.2 Å². The fraction of sp³-hybridized carbons (Fsp3) is 0.154. The molecule has 1 aromatic heterocycles. The van der Waals surface area contributed by atoms with Crippen LogP contribution in [0.2, 0.25) is 0 Å². The lowest BCUT2D eigenvalue weighted by Gasteiger charge is -2.18. The zero-order chi connectivity index (χ0) is 21.3. The van der Waals surface area contributed by atoms with E-state index in [0.29, 0.717) is 33.6 Å². The summed E-state index contributed by atoms with van der Waals surface area (Å²) in [6.07, 6.45) is -0.420. The van der Waals surface area contributed by atoms with Crippen molar-refractivity contribution in [1.82, 2.24) is 0 Å². The first-order valence-corrected chi connectivity index (χ1v) is 9.78. The molecule has 148 valence electrons. The fourth-order valence-corrected chi connectivity index (χ4v) is 3.65. The molecule has 1 heterocycles. The van der Waals surface area contributed by atoms with Gasteiger partial charge in [0.05, 0.1) is 10.9 Å². The van der Waals surface area contributed by atoms with Gasteiger partial charge in [-0.1, -0.05) is 42.5 Å². The number of benzene rings is 3. The molecule has 30 heavy (non-hydrogen) atoms. The van der Waals surface area contributed by atoms with Gasteiger partial charge >= 0.3 is 0 Å². The average Bonchev–Trinajstić information content (AvgIpc) is 2.77. The van der Waals surface area contributed by atoms with E-state index in [4.69, 9.17) is 9.15 Å². The molecule has 0 bridgehead atoms. The summed E-state index contributed by atoms with van der Waals surface area (Å²) in [6.45, 7) is 5.63. The Morgan fingerprint density at radius 2 is 1.70 bits per heavy atom. The van der Waals surface area contributed by atoms with Gasteiger partial charge in [-0.15, -0.1) is 0 Å². The molecule has 3 aromatic carbocycles. The fourth-order valence-electron chi connectivity index (χ4n) is 3.65. The summed E-state index contributed by atoms with van der Waals surface area (Å²) in [6, 6.07) is 22.7. The molecule has 0 aliphatic heterocycles. The average molecular weight is 395 g/mol. The lowest BCUT2D eigenvalue weighted by Crippen LogP contribution is -2.11. The molecule has 0 unspecified atom stereocenters. The summed E-state index contributed by atoms with van der Waals surface area (Å²) >= 11 is 0. The van der Waals surface area contributed by atoms with E-state index in [-0.39, 0.29) is 5.43 Å². The first kappa shape index (κ1) is 19.5. The van der Waals surface area contributed by atoms with E-state index in [9.17, 15) is 10.1 Å². The number of aryl methyl sites for hydroxylation is 1. The van der Waals surface area contributed by atoms with Crippen molar-refractivity contribution in [3.63, 3.8) is 0 Å². The molecule has 4 rings (SSSR count). The second kappa shape index (κ2) is 7.88. The van der Waals surface area contributed by atoms with Gasteiger partial charge in [-0.25, -0.2) is 0 Å². The molecule has 4 nitrogen and oxygen atoms in total. The van der Waals surface area contributed by atoms with Gasteiger partial charge in [-0.05, 0) is 50.6 Å². The van der Waals surface area contributed by atoms with Crippen molar-refractivity contribution in [2.75, 3.05) is 0 Å². The summed E-state index contributed by atoms with van der Waals surface area (Å²) < 4.78 is 12.4. The van der Waals surface area contributed by atoms with Gasteiger partial charge in [-0.2, -0.15) is 5.26 Å². The Kier molecular flexibility index (Phi) is 5.12. The Hall–Kier alpha value is -3.84. The van der Waals surface area contributed by atoms with Crippen molar-refractivity contribution >= 4 is 11.0 Å². The van der Waals surface area contributed by atoms with E-state index in [1.807, 2.05) is 62.4 Å². The van der Waals surface area contributed by atoms with Gasteiger partial charge in [0.15, 0.2) is 5.43 Å². The number of fused-ring (bicyclic) bond motifs is 1. The maximum Gasteiger partial charge on any atom is 0.196 e. The minimum absolute atomic E-state index is 0.0512. The number of hydrogen-bond donors (Lipinski definition) is 0. The molecule has 4 aromatic rings. The van der Waals surface area contributed by atoms with Crippen molar-refractivity contribution in [3.05, 3.63) is 99.2 Å². The van der Waals surface area contributed by atoms with Crippen LogP contribution in [0, 0.1) is 25.2 Å². The maximum atomic E-state index is 13.2. The van der Waals surface area contributed by atoms with E-state index in [2.05, 4.69) is 6.07 Å². The Morgan fingerprint density at radius 3 is 2.43 bits per heavy atom. The van der Waals surface area contributed by atoms with Crippen LogP contribution >= 0.6 is 0 Å². The summed E-state index contributed by atoms with van der Waals surface area (Å²) in [7, 11) is 0. The third-order valence-electron chi connectivity index (χ3n) is 5.18. The number of para-hydroxylation sites is 1. The van der Waals surface area contributed by atoms with E-state index in [1.165, 1.54) is 0 Å². The van der Waals surface area contributed by atoms with Crippen LogP contribution in [0.5, 0.6) is 5.75 Å². The van der Waals surface area contributed by atoms with Gasteiger partial charge in [0.25, 0.3) is 0 Å². The zero-order valence-electron chi connectivity index (χ0n) is 17.1. The standard InChI is InChI=1S/C26H21NO3/c1-16-13-21(18(3)29-23-12-8-7-11-20(23)15-27)26-22(14-16)24(28)17(2)25(30-26)19-9-5-4-6-10-19/h4-14,18H,1-3H3/t18-/m1/s1. The number of ether oxygens (including phenoxy) is 1. The lowest BCUT2D eigenvalue weighted by molar-refractivity contribution is 0.226. The largest absolute Gasteiger partial charge is 0.484 e. The second-order valence-electron chi connectivity index (χ2n) is 7.35. The molecule has 0 saturated carbocycles. The van der Waals surface area contributed by atoms with Crippen molar-refractivity contribution in [1.29, 1.82) is 5.26 Å². The molecule has 0 N–H and O–H groups in total. The van der Waals surface area contributed by atoms with Gasteiger partial charge in [0.2, 0.25) is 0 Å². The van der Waals surface area contributed by atoms with Crippen LogP contribution in [-0.2, 0) is 0 Å². The summed E-state index contributed by atoms with van der Waals surface area (Å²) in [5.74, 6) is 1.06. The van der Waals surface area contributed by atoms with Crippen LogP contribution in [0.15, 0.2) is 75.9 Å². The van der Waals surface area contributed by atoms with E-state index >= 15 is 0 Å². The lowest BCUT2D eigenvalue weighted by atomic mass is 10.00. The topological polar surface area (TPSA) is 63.2 Å². The predicted octanol–water partition coefficient (Wildman–Crippen LogP) is 6.09. The Bertz CT molecular complexity index is 1330. The molecular weight excluding hydrogens is 374 g/mol. The molecule has 1 atom stereocenters. The van der Waals surface area contributed by atoms with Crippen molar-refractivity contribution in [2.24, 2.45) is 0 Å². The normalized spacial score (nSPS) is 11.8. The number of nitriles is 1. The number of nitrogens with zero attached hydrogens (tertiary/aromatic N) is 1. The van der Waals surface area contributed by atoms with Crippen LogP contribution in [0.4, 0.5) is 0 Å². The van der Waals surface area contributed by atoms with Gasteiger partial charge in [0.1, 0.15) is 29.3 Å². The first-order chi connectivity index (χ1) is 14.5. The minimum atomic E-state index is -0.420. The van der Waals surface area contributed by atoms with E-state index < -0.39 is 6.10 Å². The molecule has 0 aliphatic rings. The summed E-state index contributed by atoms with van der Waals surface area (Å²) in [4.78, 5) is 13.2. The van der Waals surface area contributed by atoms with Gasteiger partial charge < -0.3 is 9.15 Å². The van der Waals surface area contributed by atoms with Gasteiger partial charge in [-0.3, -0.25) is 4.79 Å². The van der Waals surface area contributed by atoms with Crippen LogP contribution in [0.1, 0.15) is 35.3 Å². The molecule has 4 heteroatoms. The highest BCUT2D eigenvalue weighted by molar-refractivity contribution is 5.84. The molecular formula is C26H21NO3. The highest BCUT2D eigenvalue weighted by Crippen LogP contribution is 2.33. The highest BCUT2D eigenvalue weighted by atomic mass is 16.5. The molecule has 0 fully saturated rings. The van der Waals surface area contributed by atoms with Crippen molar-refractivity contribution in [2.45, 2.75) is 26.9 Å². The quantitative estimate of drug-likeness (QED) is 0.419. The van der Waals surface area contributed by atoms with Gasteiger partial charge in [0, 0.05) is 16.7 Å². The monoisotopic (exact) mass is 395 g/mol. The summed E-state index contributed by atoms with van der Waals surface area (Å²) in [5.41, 5.74) is 4.07. The molecule has 0 amide bonds.